The van der Waals surface area contributed by atoms with Crippen LogP contribution in [-0.4, -0.2) is 20.3 Å². The Morgan fingerprint density at radius 2 is 2.20 bits per heavy atom. The summed E-state index contributed by atoms with van der Waals surface area (Å²) in [4.78, 5) is 0. The number of fused-ring (bicyclic) bond motifs is 1. The average Bonchev–Trinajstić information content (AvgIpc) is 2.65. The zero-order valence-electron chi connectivity index (χ0n) is 8.53. The van der Waals surface area contributed by atoms with Gasteiger partial charge in [0.1, 0.15) is 17.9 Å². The molecule has 0 bridgehead atoms. The molecule has 0 spiro atoms. The first-order valence-electron chi connectivity index (χ1n) is 4.69. The van der Waals surface area contributed by atoms with Gasteiger partial charge in [0.25, 0.3) is 0 Å². The Kier molecular flexibility index (Phi) is 2.78. The largest absolute Gasteiger partial charge is 0.490 e. The molecule has 80 valence electrons. The van der Waals surface area contributed by atoms with Gasteiger partial charge in [0.15, 0.2) is 0 Å². The Morgan fingerprint density at radius 1 is 1.33 bits per heavy atom. The van der Waals surface area contributed by atoms with Crippen LogP contribution in [0.15, 0.2) is 28.9 Å². The average molecular weight is 207 g/mol. The molecule has 0 aliphatic rings. The van der Waals surface area contributed by atoms with E-state index in [9.17, 15) is 0 Å². The summed E-state index contributed by atoms with van der Waals surface area (Å²) < 4.78 is 15.7. The molecule has 1 aromatic heterocycles. The molecule has 0 aliphatic heterocycles. The van der Waals surface area contributed by atoms with Crippen molar-refractivity contribution in [2.75, 3.05) is 26.1 Å². The number of nitrogens with two attached hydrogens (primary N) is 1. The van der Waals surface area contributed by atoms with Crippen LogP contribution in [0, 0.1) is 0 Å². The first kappa shape index (κ1) is 9.86. The van der Waals surface area contributed by atoms with Crippen LogP contribution in [0.5, 0.6) is 5.75 Å². The minimum Gasteiger partial charge on any atom is -0.490 e. The van der Waals surface area contributed by atoms with Gasteiger partial charge in [-0.2, -0.15) is 0 Å². The zero-order chi connectivity index (χ0) is 10.7. The van der Waals surface area contributed by atoms with Crippen molar-refractivity contribution in [3.63, 3.8) is 0 Å². The maximum atomic E-state index is 5.72. The molecule has 1 aromatic carbocycles. The van der Waals surface area contributed by atoms with Crippen molar-refractivity contribution in [1.29, 1.82) is 0 Å². The van der Waals surface area contributed by atoms with Crippen LogP contribution in [-0.2, 0) is 4.74 Å². The third-order valence-electron chi connectivity index (χ3n) is 2.10. The number of furan rings is 1. The van der Waals surface area contributed by atoms with E-state index in [4.69, 9.17) is 19.6 Å². The van der Waals surface area contributed by atoms with Crippen LogP contribution in [0.1, 0.15) is 0 Å². The fourth-order valence-electron chi connectivity index (χ4n) is 1.41. The second-order valence-corrected chi connectivity index (χ2v) is 3.19. The van der Waals surface area contributed by atoms with E-state index >= 15 is 0 Å². The predicted molar refractivity (Wildman–Crippen MR) is 58.0 cm³/mol. The number of rotatable bonds is 4. The molecule has 0 aliphatic carbocycles. The van der Waals surface area contributed by atoms with E-state index in [1.807, 2.05) is 6.07 Å². The second kappa shape index (κ2) is 4.23. The van der Waals surface area contributed by atoms with E-state index in [0.29, 0.717) is 18.9 Å². The van der Waals surface area contributed by atoms with Gasteiger partial charge in [-0.1, -0.05) is 0 Å². The number of nitrogen functional groups attached to an aromatic ring is 1. The van der Waals surface area contributed by atoms with Gasteiger partial charge in [-0.05, 0) is 6.07 Å². The fraction of sp³-hybridized carbons (Fsp3) is 0.273. The van der Waals surface area contributed by atoms with E-state index in [-0.39, 0.29) is 0 Å². The highest BCUT2D eigenvalue weighted by Gasteiger charge is 2.06. The number of methoxy groups -OCH3 is 1. The molecule has 0 saturated carbocycles. The monoisotopic (exact) mass is 207 g/mol. The summed E-state index contributed by atoms with van der Waals surface area (Å²) in [6, 6.07) is 5.42. The molecule has 0 radical (unpaired) electrons. The highest BCUT2D eigenvalue weighted by atomic mass is 16.5. The van der Waals surface area contributed by atoms with E-state index in [2.05, 4.69) is 0 Å². The van der Waals surface area contributed by atoms with Gasteiger partial charge in [0.05, 0.1) is 18.3 Å². The molecule has 2 aromatic rings. The Labute approximate surface area is 87.6 Å². The predicted octanol–water partition coefficient (Wildman–Crippen LogP) is 2.04. The number of anilines is 1. The zero-order valence-corrected chi connectivity index (χ0v) is 8.53. The van der Waals surface area contributed by atoms with E-state index in [0.717, 1.165) is 16.7 Å². The minimum absolute atomic E-state index is 0.500. The van der Waals surface area contributed by atoms with Crippen molar-refractivity contribution in [1.82, 2.24) is 0 Å². The molecular weight excluding hydrogens is 194 g/mol. The molecule has 0 fully saturated rings. The third kappa shape index (κ3) is 2.05. The lowest BCUT2D eigenvalue weighted by atomic mass is 10.2. The highest BCUT2D eigenvalue weighted by molar-refractivity contribution is 5.87. The van der Waals surface area contributed by atoms with Crippen LogP contribution >= 0.6 is 0 Å². The van der Waals surface area contributed by atoms with Crippen molar-refractivity contribution in [3.05, 3.63) is 24.5 Å². The van der Waals surface area contributed by atoms with Gasteiger partial charge < -0.3 is 19.6 Å². The van der Waals surface area contributed by atoms with Crippen LogP contribution in [0.2, 0.25) is 0 Å². The normalized spacial score (nSPS) is 10.7. The van der Waals surface area contributed by atoms with Gasteiger partial charge in [-0.15, -0.1) is 0 Å². The molecule has 2 N–H and O–H groups in total. The molecule has 2 rings (SSSR count). The molecule has 0 amide bonds. The SMILES string of the molecule is COCCOc1cc(N)cc2occc12. The topological polar surface area (TPSA) is 57.6 Å². The van der Waals surface area contributed by atoms with Crippen LogP contribution < -0.4 is 10.5 Å². The maximum absolute atomic E-state index is 5.72. The first-order chi connectivity index (χ1) is 7.31. The molecule has 1 heterocycles. The third-order valence-corrected chi connectivity index (χ3v) is 2.10. The Bertz CT molecular complexity index is 450. The van der Waals surface area contributed by atoms with Gasteiger partial charge in [0.2, 0.25) is 0 Å². The Morgan fingerprint density at radius 3 is 3.00 bits per heavy atom. The fourth-order valence-corrected chi connectivity index (χ4v) is 1.41. The maximum Gasteiger partial charge on any atom is 0.139 e. The summed E-state index contributed by atoms with van der Waals surface area (Å²) in [5, 5.41) is 0.931. The smallest absolute Gasteiger partial charge is 0.139 e. The van der Waals surface area contributed by atoms with E-state index < -0.39 is 0 Å². The van der Waals surface area contributed by atoms with Crippen molar-refractivity contribution in [3.8, 4) is 5.75 Å². The highest BCUT2D eigenvalue weighted by Crippen LogP contribution is 2.29. The van der Waals surface area contributed by atoms with Gasteiger partial charge in [-0.25, -0.2) is 0 Å². The van der Waals surface area contributed by atoms with Crippen molar-refractivity contribution in [2.24, 2.45) is 0 Å². The summed E-state index contributed by atoms with van der Waals surface area (Å²) in [6.07, 6.45) is 1.62. The molecular formula is C11H13NO3. The molecule has 15 heavy (non-hydrogen) atoms. The van der Waals surface area contributed by atoms with Crippen LogP contribution in [0.3, 0.4) is 0 Å². The minimum atomic E-state index is 0.500. The van der Waals surface area contributed by atoms with Gasteiger partial charge >= 0.3 is 0 Å². The van der Waals surface area contributed by atoms with Crippen molar-refractivity contribution < 1.29 is 13.9 Å². The van der Waals surface area contributed by atoms with E-state index in [1.165, 1.54) is 0 Å². The standard InChI is InChI=1S/C11H13NO3/c1-13-4-5-15-11-7-8(12)6-10-9(11)2-3-14-10/h2-3,6-7H,4-5,12H2,1H3. The molecule has 4 heteroatoms. The van der Waals surface area contributed by atoms with Gasteiger partial charge in [0, 0.05) is 24.9 Å². The number of ether oxygens (including phenoxy) is 2. The molecule has 4 nitrogen and oxygen atoms in total. The number of benzene rings is 1. The number of hydrogen-bond acceptors (Lipinski definition) is 4. The summed E-state index contributed by atoms with van der Waals surface area (Å²) in [7, 11) is 1.64. The molecule has 0 unspecified atom stereocenters. The number of hydrogen-bond donors (Lipinski definition) is 1. The lowest BCUT2D eigenvalue weighted by Crippen LogP contribution is -2.04. The molecule has 0 atom stereocenters. The summed E-state index contributed by atoms with van der Waals surface area (Å²) in [5.74, 6) is 0.732. The van der Waals surface area contributed by atoms with Crippen LogP contribution in [0.25, 0.3) is 11.0 Å². The molecule has 0 saturated heterocycles. The second-order valence-electron chi connectivity index (χ2n) is 3.19. The lowest BCUT2D eigenvalue weighted by Gasteiger charge is -2.07. The Balaban J connectivity index is 2.27. The first-order valence-corrected chi connectivity index (χ1v) is 4.69. The van der Waals surface area contributed by atoms with Crippen LogP contribution in [0.4, 0.5) is 5.69 Å². The van der Waals surface area contributed by atoms with Gasteiger partial charge in [-0.3, -0.25) is 0 Å². The van der Waals surface area contributed by atoms with E-state index in [1.54, 1.807) is 25.5 Å². The lowest BCUT2D eigenvalue weighted by molar-refractivity contribution is 0.147. The summed E-state index contributed by atoms with van der Waals surface area (Å²) >= 11 is 0. The van der Waals surface area contributed by atoms with Crippen molar-refractivity contribution in [2.45, 2.75) is 0 Å². The summed E-state index contributed by atoms with van der Waals surface area (Å²) in [6.45, 7) is 1.05. The summed E-state index contributed by atoms with van der Waals surface area (Å²) in [5.41, 5.74) is 7.08. The Hall–Kier alpha value is -1.68. The quantitative estimate of drug-likeness (QED) is 0.615. The van der Waals surface area contributed by atoms with Crippen molar-refractivity contribution >= 4 is 16.7 Å².